The molecule has 0 bridgehead atoms. The van der Waals surface area contributed by atoms with Gasteiger partial charge in [-0.15, -0.1) is 0 Å². The number of rotatable bonds is 7. The maximum Gasteiger partial charge on any atom is 0.307 e. The second-order valence-electron chi connectivity index (χ2n) is 6.38. The standard InChI is InChI=1S/C15H26N2O4/c1-4-10-5-11(12(6-10)15(20)21)14(19)17(7-9(2)3)8-13(16)18/h9-12H,4-8H2,1-3H3,(H2,16,18)(H,20,21)/t10?,11-,12+/m0/s1. The Morgan fingerprint density at radius 3 is 2.24 bits per heavy atom. The molecule has 0 radical (unpaired) electrons. The van der Waals surface area contributed by atoms with Gasteiger partial charge in [0.25, 0.3) is 0 Å². The molecule has 120 valence electrons. The van der Waals surface area contributed by atoms with E-state index in [0.29, 0.717) is 19.4 Å². The Morgan fingerprint density at radius 1 is 1.24 bits per heavy atom. The van der Waals surface area contributed by atoms with Crippen molar-refractivity contribution in [3.8, 4) is 0 Å². The van der Waals surface area contributed by atoms with Gasteiger partial charge in [-0.2, -0.15) is 0 Å². The summed E-state index contributed by atoms with van der Waals surface area (Å²) in [6.45, 7) is 6.17. The number of nitrogens with zero attached hydrogens (tertiary/aromatic N) is 1. The Balaban J connectivity index is 2.89. The number of amides is 2. The predicted molar refractivity (Wildman–Crippen MR) is 78.2 cm³/mol. The van der Waals surface area contributed by atoms with Crippen LogP contribution < -0.4 is 5.73 Å². The lowest BCUT2D eigenvalue weighted by Gasteiger charge is -2.27. The van der Waals surface area contributed by atoms with E-state index in [1.807, 2.05) is 20.8 Å². The minimum atomic E-state index is -0.923. The van der Waals surface area contributed by atoms with Crippen molar-refractivity contribution in [3.63, 3.8) is 0 Å². The number of nitrogens with two attached hydrogens (primary N) is 1. The van der Waals surface area contributed by atoms with E-state index in [9.17, 15) is 19.5 Å². The maximum atomic E-state index is 12.6. The first-order valence-corrected chi connectivity index (χ1v) is 7.56. The average Bonchev–Trinajstić information content (AvgIpc) is 2.80. The first-order chi connectivity index (χ1) is 9.76. The highest BCUT2D eigenvalue weighted by molar-refractivity contribution is 5.88. The molecule has 1 unspecified atom stereocenters. The number of carbonyl (C=O) groups is 3. The second-order valence-corrected chi connectivity index (χ2v) is 6.38. The third-order valence-electron chi connectivity index (χ3n) is 4.12. The molecule has 0 saturated heterocycles. The minimum Gasteiger partial charge on any atom is -0.481 e. The molecule has 0 heterocycles. The summed E-state index contributed by atoms with van der Waals surface area (Å²) in [7, 11) is 0. The zero-order valence-corrected chi connectivity index (χ0v) is 13.0. The fraction of sp³-hybridized carbons (Fsp3) is 0.800. The zero-order valence-electron chi connectivity index (χ0n) is 13.0. The quantitative estimate of drug-likeness (QED) is 0.734. The van der Waals surface area contributed by atoms with E-state index >= 15 is 0 Å². The molecule has 0 aliphatic heterocycles. The van der Waals surface area contributed by atoms with Crippen LogP contribution in [-0.4, -0.2) is 40.9 Å². The molecule has 0 aromatic heterocycles. The fourth-order valence-corrected chi connectivity index (χ4v) is 3.12. The molecule has 0 spiro atoms. The van der Waals surface area contributed by atoms with Crippen LogP contribution in [0.25, 0.3) is 0 Å². The third-order valence-corrected chi connectivity index (χ3v) is 4.12. The molecule has 6 nitrogen and oxygen atoms in total. The van der Waals surface area contributed by atoms with Crippen molar-refractivity contribution in [1.29, 1.82) is 0 Å². The van der Waals surface area contributed by atoms with Crippen LogP contribution in [0.15, 0.2) is 0 Å². The van der Waals surface area contributed by atoms with Crippen LogP contribution in [0.2, 0.25) is 0 Å². The Labute approximate surface area is 125 Å². The zero-order chi connectivity index (χ0) is 16.2. The molecule has 1 saturated carbocycles. The normalized spacial score (nSPS) is 25.0. The van der Waals surface area contributed by atoms with Crippen molar-refractivity contribution < 1.29 is 19.5 Å². The number of carboxylic acids is 1. The lowest BCUT2D eigenvalue weighted by Crippen LogP contribution is -2.45. The smallest absolute Gasteiger partial charge is 0.307 e. The van der Waals surface area contributed by atoms with Crippen molar-refractivity contribution in [2.45, 2.75) is 40.0 Å². The second kappa shape index (κ2) is 7.43. The van der Waals surface area contributed by atoms with E-state index in [1.165, 1.54) is 4.90 Å². The summed E-state index contributed by atoms with van der Waals surface area (Å²) in [5.74, 6) is -2.47. The number of aliphatic carboxylic acids is 1. The molecule has 0 aromatic rings. The van der Waals surface area contributed by atoms with Gasteiger partial charge in [0.15, 0.2) is 0 Å². The molecular weight excluding hydrogens is 272 g/mol. The van der Waals surface area contributed by atoms with Crippen LogP contribution in [0.1, 0.15) is 40.0 Å². The topological polar surface area (TPSA) is 101 Å². The van der Waals surface area contributed by atoms with E-state index in [0.717, 1.165) is 6.42 Å². The first kappa shape index (κ1) is 17.5. The van der Waals surface area contributed by atoms with E-state index in [2.05, 4.69) is 0 Å². The average molecular weight is 298 g/mol. The van der Waals surface area contributed by atoms with Crippen molar-refractivity contribution in [1.82, 2.24) is 4.90 Å². The highest BCUT2D eigenvalue weighted by atomic mass is 16.4. The lowest BCUT2D eigenvalue weighted by atomic mass is 9.94. The minimum absolute atomic E-state index is 0.142. The van der Waals surface area contributed by atoms with Crippen molar-refractivity contribution in [2.24, 2.45) is 29.4 Å². The number of carboxylic acid groups (broad SMARTS) is 1. The van der Waals surface area contributed by atoms with Crippen LogP contribution >= 0.6 is 0 Å². The summed E-state index contributed by atoms with van der Waals surface area (Å²) >= 11 is 0. The van der Waals surface area contributed by atoms with Crippen LogP contribution in [0.3, 0.4) is 0 Å². The molecule has 1 aliphatic carbocycles. The molecule has 6 heteroatoms. The maximum absolute atomic E-state index is 12.6. The summed E-state index contributed by atoms with van der Waals surface area (Å²) in [6.07, 6.45) is 1.99. The van der Waals surface area contributed by atoms with E-state index < -0.39 is 23.7 Å². The van der Waals surface area contributed by atoms with Gasteiger partial charge in [0.2, 0.25) is 11.8 Å². The van der Waals surface area contributed by atoms with Crippen LogP contribution in [0.5, 0.6) is 0 Å². The Bertz CT molecular complexity index is 408. The molecular formula is C15H26N2O4. The molecule has 3 N–H and O–H groups in total. The predicted octanol–water partition coefficient (Wildman–Crippen LogP) is 1.09. The van der Waals surface area contributed by atoms with E-state index in [4.69, 9.17) is 5.73 Å². The van der Waals surface area contributed by atoms with Gasteiger partial charge < -0.3 is 15.7 Å². The lowest BCUT2D eigenvalue weighted by molar-refractivity contribution is -0.149. The number of hydrogen-bond donors (Lipinski definition) is 2. The Morgan fingerprint density at radius 2 is 1.81 bits per heavy atom. The summed E-state index contributed by atoms with van der Waals surface area (Å²) in [4.78, 5) is 36.6. The number of hydrogen-bond acceptors (Lipinski definition) is 3. The van der Waals surface area contributed by atoms with Gasteiger partial charge in [0.05, 0.1) is 18.4 Å². The first-order valence-electron chi connectivity index (χ1n) is 7.56. The van der Waals surface area contributed by atoms with Crippen LogP contribution in [-0.2, 0) is 14.4 Å². The summed E-state index contributed by atoms with van der Waals surface area (Å²) < 4.78 is 0. The highest BCUT2D eigenvalue weighted by Crippen LogP contribution is 2.39. The number of primary amides is 1. The molecule has 1 rings (SSSR count). The van der Waals surface area contributed by atoms with E-state index in [1.54, 1.807) is 0 Å². The van der Waals surface area contributed by atoms with Gasteiger partial charge in [-0.05, 0) is 24.7 Å². The highest BCUT2D eigenvalue weighted by Gasteiger charge is 2.43. The van der Waals surface area contributed by atoms with Crippen molar-refractivity contribution in [2.75, 3.05) is 13.1 Å². The van der Waals surface area contributed by atoms with Crippen molar-refractivity contribution >= 4 is 17.8 Å². The largest absolute Gasteiger partial charge is 0.481 e. The van der Waals surface area contributed by atoms with Crippen molar-refractivity contribution in [3.05, 3.63) is 0 Å². The summed E-state index contributed by atoms with van der Waals surface area (Å²) in [5.41, 5.74) is 5.20. The molecule has 3 atom stereocenters. The molecule has 1 aliphatic rings. The molecule has 1 fully saturated rings. The summed E-state index contributed by atoms with van der Waals surface area (Å²) in [6, 6.07) is 0. The number of carbonyl (C=O) groups excluding carboxylic acids is 2. The monoisotopic (exact) mass is 298 g/mol. The fourth-order valence-electron chi connectivity index (χ4n) is 3.12. The SMILES string of the molecule is CCC1C[C@H](C(=O)N(CC(N)=O)CC(C)C)[C@H](C(=O)O)C1. The van der Waals surface area contributed by atoms with Gasteiger partial charge in [-0.25, -0.2) is 0 Å². The molecule has 2 amide bonds. The van der Waals surface area contributed by atoms with Gasteiger partial charge in [-0.3, -0.25) is 14.4 Å². The Kier molecular flexibility index (Phi) is 6.18. The molecule has 21 heavy (non-hydrogen) atoms. The van der Waals surface area contributed by atoms with E-state index in [-0.39, 0.29) is 24.3 Å². The van der Waals surface area contributed by atoms with Gasteiger partial charge in [0, 0.05) is 6.54 Å². The Hall–Kier alpha value is -1.59. The van der Waals surface area contributed by atoms with Gasteiger partial charge >= 0.3 is 5.97 Å². The van der Waals surface area contributed by atoms with Crippen LogP contribution in [0, 0.1) is 23.7 Å². The van der Waals surface area contributed by atoms with Gasteiger partial charge in [-0.1, -0.05) is 27.2 Å². The summed E-state index contributed by atoms with van der Waals surface area (Å²) in [5, 5.41) is 9.33. The van der Waals surface area contributed by atoms with Crippen LogP contribution in [0.4, 0.5) is 0 Å². The molecule has 0 aromatic carbocycles. The van der Waals surface area contributed by atoms with Gasteiger partial charge in [0.1, 0.15) is 0 Å². The third kappa shape index (κ3) is 4.72.